The lowest BCUT2D eigenvalue weighted by molar-refractivity contribution is -0.153. The quantitative estimate of drug-likeness (QED) is 0.874. The van der Waals surface area contributed by atoms with Crippen LogP contribution in [0.1, 0.15) is 29.8 Å². The molecule has 2 N–H and O–H groups in total. The summed E-state index contributed by atoms with van der Waals surface area (Å²) < 4.78 is 37.9. The van der Waals surface area contributed by atoms with Gasteiger partial charge in [0, 0.05) is 12.7 Å². The standard InChI is InChI=1S/C13H15F3N2O3/c14-13(15,16)8-18-6-1-3-9(18)10(19)17-7-12(11(20)21)4-2-5-12/h1,3,6H,2,4-5,7-8H2,(H,17,19)(H,20,21). The van der Waals surface area contributed by atoms with E-state index in [1.54, 1.807) is 0 Å². The number of carbonyl (C=O) groups excluding carboxylic acids is 1. The molecule has 8 heteroatoms. The van der Waals surface area contributed by atoms with E-state index in [0.717, 1.165) is 11.0 Å². The number of aromatic nitrogens is 1. The predicted molar refractivity (Wildman–Crippen MR) is 66.7 cm³/mol. The molecule has 21 heavy (non-hydrogen) atoms. The van der Waals surface area contributed by atoms with Crippen molar-refractivity contribution in [1.29, 1.82) is 0 Å². The normalized spacial score (nSPS) is 17.1. The van der Waals surface area contributed by atoms with Gasteiger partial charge >= 0.3 is 12.1 Å². The van der Waals surface area contributed by atoms with Crippen LogP contribution in [-0.2, 0) is 11.3 Å². The highest BCUT2D eigenvalue weighted by Gasteiger charge is 2.44. The first-order valence-corrected chi connectivity index (χ1v) is 6.47. The van der Waals surface area contributed by atoms with E-state index in [9.17, 15) is 22.8 Å². The molecule has 0 unspecified atom stereocenters. The third-order valence-corrected chi connectivity index (χ3v) is 3.76. The first kappa shape index (κ1) is 15.4. The first-order valence-electron chi connectivity index (χ1n) is 6.47. The van der Waals surface area contributed by atoms with E-state index < -0.39 is 30.0 Å². The Bertz CT molecular complexity index is 547. The zero-order valence-corrected chi connectivity index (χ0v) is 11.1. The molecule has 0 saturated heterocycles. The molecule has 0 radical (unpaired) electrons. The monoisotopic (exact) mass is 304 g/mol. The Kier molecular flexibility index (Phi) is 3.97. The molecule has 0 aromatic carbocycles. The van der Waals surface area contributed by atoms with E-state index in [2.05, 4.69) is 5.32 Å². The van der Waals surface area contributed by atoms with Crippen LogP contribution in [0.5, 0.6) is 0 Å². The van der Waals surface area contributed by atoms with E-state index in [-0.39, 0.29) is 12.2 Å². The van der Waals surface area contributed by atoms with Crippen LogP contribution >= 0.6 is 0 Å². The Morgan fingerprint density at radius 2 is 2.05 bits per heavy atom. The maximum absolute atomic E-state index is 12.4. The van der Waals surface area contributed by atoms with Gasteiger partial charge in [-0.15, -0.1) is 0 Å². The van der Waals surface area contributed by atoms with Gasteiger partial charge in [-0.3, -0.25) is 9.59 Å². The summed E-state index contributed by atoms with van der Waals surface area (Å²) in [6.07, 6.45) is -1.56. The third kappa shape index (κ3) is 3.37. The Morgan fingerprint density at radius 1 is 1.38 bits per heavy atom. The molecule has 1 aromatic rings. The van der Waals surface area contributed by atoms with Crippen molar-refractivity contribution in [2.45, 2.75) is 32.0 Å². The molecular weight excluding hydrogens is 289 g/mol. The fourth-order valence-electron chi connectivity index (χ4n) is 2.36. The van der Waals surface area contributed by atoms with Gasteiger partial charge in [-0.2, -0.15) is 13.2 Å². The van der Waals surface area contributed by atoms with Crippen LogP contribution in [0, 0.1) is 5.41 Å². The highest BCUT2D eigenvalue weighted by atomic mass is 19.4. The van der Waals surface area contributed by atoms with Gasteiger partial charge in [0.25, 0.3) is 5.91 Å². The number of alkyl halides is 3. The zero-order valence-electron chi connectivity index (χ0n) is 11.1. The van der Waals surface area contributed by atoms with E-state index in [4.69, 9.17) is 5.11 Å². The number of hydrogen-bond donors (Lipinski definition) is 2. The number of hydrogen-bond acceptors (Lipinski definition) is 2. The van der Waals surface area contributed by atoms with Crippen molar-refractivity contribution < 1.29 is 27.9 Å². The molecule has 0 aliphatic heterocycles. The molecule has 0 spiro atoms. The van der Waals surface area contributed by atoms with Gasteiger partial charge in [-0.05, 0) is 25.0 Å². The second-order valence-electron chi connectivity index (χ2n) is 5.26. The van der Waals surface area contributed by atoms with Crippen molar-refractivity contribution in [3.8, 4) is 0 Å². The fraction of sp³-hybridized carbons (Fsp3) is 0.538. The third-order valence-electron chi connectivity index (χ3n) is 3.76. The number of halogens is 3. The number of carboxylic acids is 1. The van der Waals surface area contributed by atoms with Crippen molar-refractivity contribution in [2.24, 2.45) is 5.41 Å². The lowest BCUT2D eigenvalue weighted by Crippen LogP contribution is -2.47. The van der Waals surface area contributed by atoms with Gasteiger partial charge in [-0.1, -0.05) is 6.42 Å². The van der Waals surface area contributed by atoms with Crippen molar-refractivity contribution in [2.75, 3.05) is 6.54 Å². The maximum Gasteiger partial charge on any atom is 0.406 e. The number of aliphatic carboxylic acids is 1. The van der Waals surface area contributed by atoms with Gasteiger partial charge in [0.15, 0.2) is 0 Å². The lowest BCUT2D eigenvalue weighted by atomic mass is 9.69. The minimum Gasteiger partial charge on any atom is -0.481 e. The van der Waals surface area contributed by atoms with Crippen LogP contribution in [-0.4, -0.2) is 34.3 Å². The Labute approximate surface area is 118 Å². The predicted octanol–water partition coefficient (Wildman–Crippen LogP) is 2.04. The van der Waals surface area contributed by atoms with Gasteiger partial charge in [0.2, 0.25) is 0 Å². The topological polar surface area (TPSA) is 71.3 Å². The van der Waals surface area contributed by atoms with Crippen molar-refractivity contribution in [1.82, 2.24) is 9.88 Å². The molecule has 0 bridgehead atoms. The van der Waals surface area contributed by atoms with E-state index >= 15 is 0 Å². The number of amides is 1. The summed E-state index contributed by atoms with van der Waals surface area (Å²) in [5.41, 5.74) is -1.11. The van der Waals surface area contributed by atoms with Gasteiger partial charge in [-0.25, -0.2) is 0 Å². The summed E-state index contributed by atoms with van der Waals surface area (Å²) in [6.45, 7) is -1.33. The Balaban J connectivity index is 2.01. The number of nitrogens with zero attached hydrogens (tertiary/aromatic N) is 1. The molecule has 1 aliphatic carbocycles. The summed E-state index contributed by atoms with van der Waals surface area (Å²) in [4.78, 5) is 23.1. The molecule has 0 atom stereocenters. The smallest absolute Gasteiger partial charge is 0.406 e. The number of rotatable bonds is 5. The van der Waals surface area contributed by atoms with Crippen LogP contribution in [0.2, 0.25) is 0 Å². The first-order chi connectivity index (χ1) is 9.73. The van der Waals surface area contributed by atoms with Crippen molar-refractivity contribution in [3.05, 3.63) is 24.0 Å². The summed E-state index contributed by atoms with van der Waals surface area (Å²) in [7, 11) is 0. The molecule has 116 valence electrons. The number of carboxylic acid groups (broad SMARTS) is 1. The average Bonchev–Trinajstić information content (AvgIpc) is 2.72. The lowest BCUT2D eigenvalue weighted by Gasteiger charge is -2.37. The zero-order chi connectivity index (χ0) is 15.7. The molecule has 1 fully saturated rings. The molecule has 1 heterocycles. The fourth-order valence-corrected chi connectivity index (χ4v) is 2.36. The molecule has 2 rings (SSSR count). The minimum atomic E-state index is -4.43. The number of nitrogens with one attached hydrogen (secondary N) is 1. The van der Waals surface area contributed by atoms with E-state index in [0.29, 0.717) is 12.8 Å². The van der Waals surface area contributed by atoms with Crippen LogP contribution < -0.4 is 5.32 Å². The van der Waals surface area contributed by atoms with Gasteiger partial charge < -0.3 is 15.0 Å². The highest BCUT2D eigenvalue weighted by Crippen LogP contribution is 2.40. The SMILES string of the molecule is O=C(NCC1(C(=O)O)CCC1)c1cccn1CC(F)(F)F. The van der Waals surface area contributed by atoms with Crippen molar-refractivity contribution >= 4 is 11.9 Å². The Hall–Kier alpha value is -1.99. The average molecular weight is 304 g/mol. The number of carbonyl (C=O) groups is 2. The maximum atomic E-state index is 12.4. The van der Waals surface area contributed by atoms with Crippen LogP contribution in [0.4, 0.5) is 13.2 Å². The van der Waals surface area contributed by atoms with Crippen LogP contribution in [0.3, 0.4) is 0 Å². The minimum absolute atomic E-state index is 0.0711. The van der Waals surface area contributed by atoms with E-state index in [1.165, 1.54) is 18.3 Å². The highest BCUT2D eigenvalue weighted by molar-refractivity contribution is 5.93. The van der Waals surface area contributed by atoms with Crippen LogP contribution in [0.25, 0.3) is 0 Å². The summed E-state index contributed by atoms with van der Waals surface area (Å²) >= 11 is 0. The molecule has 1 saturated carbocycles. The molecule has 1 amide bonds. The molecular formula is C13H15F3N2O3. The molecule has 5 nitrogen and oxygen atoms in total. The molecule has 1 aliphatic rings. The van der Waals surface area contributed by atoms with E-state index in [1.807, 2.05) is 0 Å². The summed E-state index contributed by atoms with van der Waals surface area (Å²) in [5.74, 6) is -1.68. The largest absolute Gasteiger partial charge is 0.481 e. The Morgan fingerprint density at radius 3 is 2.52 bits per heavy atom. The summed E-state index contributed by atoms with van der Waals surface area (Å²) in [6, 6.07) is 2.62. The van der Waals surface area contributed by atoms with Crippen LogP contribution in [0.15, 0.2) is 18.3 Å². The second kappa shape index (κ2) is 5.42. The molecule has 1 aromatic heterocycles. The second-order valence-corrected chi connectivity index (χ2v) is 5.26. The van der Waals surface area contributed by atoms with Gasteiger partial charge in [0.05, 0.1) is 5.41 Å². The summed E-state index contributed by atoms with van der Waals surface area (Å²) in [5, 5.41) is 11.6. The van der Waals surface area contributed by atoms with Crippen molar-refractivity contribution in [3.63, 3.8) is 0 Å². The van der Waals surface area contributed by atoms with Gasteiger partial charge in [0.1, 0.15) is 12.2 Å².